The second kappa shape index (κ2) is 9.10. The molecule has 27 heavy (non-hydrogen) atoms. The third-order valence-electron chi connectivity index (χ3n) is 5.61. The molecule has 1 heterocycles. The van der Waals surface area contributed by atoms with Crippen LogP contribution in [0.1, 0.15) is 20.3 Å². The maximum absolute atomic E-state index is 6.14. The highest BCUT2D eigenvalue weighted by Crippen LogP contribution is 2.19. The largest absolute Gasteiger partial charge is 0.373 e. The molecule has 1 aliphatic heterocycles. The summed E-state index contributed by atoms with van der Waals surface area (Å²) < 4.78 is 5.87. The second-order valence-corrected chi connectivity index (χ2v) is 13.2. The molecule has 0 aromatic heterocycles. The SMILES string of the molecule is CC1CN(CCC[Si](C)(c2ccc(Cl)cc2)c2ccc(Cl)cc2)CC(C)O1. The minimum Gasteiger partial charge on any atom is -0.373 e. The minimum atomic E-state index is -1.84. The summed E-state index contributed by atoms with van der Waals surface area (Å²) in [5.41, 5.74) is 0. The Morgan fingerprint density at radius 1 is 0.889 bits per heavy atom. The van der Waals surface area contributed by atoms with Crippen molar-refractivity contribution in [3.63, 3.8) is 0 Å². The molecule has 2 aromatic carbocycles. The van der Waals surface area contributed by atoms with Gasteiger partial charge in [-0.05, 0) is 57.1 Å². The number of halogens is 2. The summed E-state index contributed by atoms with van der Waals surface area (Å²) in [6.45, 7) is 9.99. The van der Waals surface area contributed by atoms with E-state index in [1.54, 1.807) is 0 Å². The molecule has 1 aliphatic rings. The van der Waals surface area contributed by atoms with Gasteiger partial charge in [0.05, 0.1) is 12.2 Å². The highest BCUT2D eigenvalue weighted by atomic mass is 35.5. The van der Waals surface area contributed by atoms with Crippen molar-refractivity contribution in [2.45, 2.75) is 45.1 Å². The Labute approximate surface area is 174 Å². The smallest absolute Gasteiger partial charge is 0.115 e. The lowest BCUT2D eigenvalue weighted by molar-refractivity contribution is -0.0677. The molecule has 0 bridgehead atoms. The van der Waals surface area contributed by atoms with Crippen LogP contribution in [0.25, 0.3) is 0 Å². The molecule has 146 valence electrons. The van der Waals surface area contributed by atoms with E-state index in [2.05, 4.69) is 49.6 Å². The van der Waals surface area contributed by atoms with Gasteiger partial charge in [0.15, 0.2) is 0 Å². The van der Waals surface area contributed by atoms with E-state index in [1.165, 1.54) is 22.8 Å². The van der Waals surface area contributed by atoms with Crippen LogP contribution < -0.4 is 10.4 Å². The zero-order chi connectivity index (χ0) is 19.4. The van der Waals surface area contributed by atoms with E-state index in [4.69, 9.17) is 27.9 Å². The first-order valence-corrected chi connectivity index (χ1v) is 13.2. The minimum absolute atomic E-state index is 0.324. The van der Waals surface area contributed by atoms with Crippen LogP contribution in [0.3, 0.4) is 0 Å². The van der Waals surface area contributed by atoms with Crippen LogP contribution in [0.15, 0.2) is 48.5 Å². The van der Waals surface area contributed by atoms with E-state index in [9.17, 15) is 0 Å². The van der Waals surface area contributed by atoms with Crippen molar-refractivity contribution in [2.24, 2.45) is 0 Å². The zero-order valence-corrected chi connectivity index (χ0v) is 18.9. The van der Waals surface area contributed by atoms with E-state index in [-0.39, 0.29) is 0 Å². The standard InChI is InChI=1S/C22H29Cl2NOSi/c1-17-15-25(16-18(2)26-17)13-4-14-27(3,21-9-5-19(23)6-10-21)22-11-7-20(24)8-12-22/h5-12,17-18H,4,13-16H2,1-3H3. The lowest BCUT2D eigenvalue weighted by Gasteiger charge is -2.36. The summed E-state index contributed by atoms with van der Waals surface area (Å²) in [5.74, 6) is 0. The zero-order valence-electron chi connectivity index (χ0n) is 16.4. The van der Waals surface area contributed by atoms with E-state index >= 15 is 0 Å². The van der Waals surface area contributed by atoms with Crippen LogP contribution in [0.5, 0.6) is 0 Å². The van der Waals surface area contributed by atoms with Gasteiger partial charge >= 0.3 is 0 Å². The molecule has 0 aliphatic carbocycles. The Morgan fingerprint density at radius 2 is 1.33 bits per heavy atom. The van der Waals surface area contributed by atoms with Gasteiger partial charge in [0.25, 0.3) is 0 Å². The van der Waals surface area contributed by atoms with Crippen LogP contribution in [-0.4, -0.2) is 44.8 Å². The van der Waals surface area contributed by atoms with Crippen molar-refractivity contribution in [1.29, 1.82) is 0 Å². The molecule has 2 aromatic rings. The number of hydrogen-bond acceptors (Lipinski definition) is 2. The summed E-state index contributed by atoms with van der Waals surface area (Å²) in [6.07, 6.45) is 1.84. The molecule has 5 heteroatoms. The van der Waals surface area contributed by atoms with Gasteiger partial charge in [-0.2, -0.15) is 0 Å². The average molecular weight is 422 g/mol. The van der Waals surface area contributed by atoms with Gasteiger partial charge in [-0.25, -0.2) is 0 Å². The van der Waals surface area contributed by atoms with Crippen LogP contribution in [0, 0.1) is 0 Å². The Bertz CT molecular complexity index is 679. The van der Waals surface area contributed by atoms with Crippen molar-refractivity contribution >= 4 is 41.6 Å². The molecule has 3 rings (SSSR count). The molecule has 0 amide bonds. The highest BCUT2D eigenvalue weighted by molar-refractivity contribution is 7.01. The van der Waals surface area contributed by atoms with Gasteiger partial charge in [-0.1, -0.05) is 64.4 Å². The molecule has 2 unspecified atom stereocenters. The van der Waals surface area contributed by atoms with Crippen LogP contribution in [0.4, 0.5) is 0 Å². The fourth-order valence-electron chi connectivity index (χ4n) is 4.21. The number of ether oxygens (including phenoxy) is 1. The van der Waals surface area contributed by atoms with Gasteiger partial charge in [0.2, 0.25) is 0 Å². The van der Waals surface area contributed by atoms with Crippen molar-refractivity contribution in [2.75, 3.05) is 19.6 Å². The Morgan fingerprint density at radius 3 is 1.78 bits per heavy atom. The molecule has 2 nitrogen and oxygen atoms in total. The Kier molecular flexibility index (Phi) is 7.04. The molecular formula is C22H29Cl2NOSi. The monoisotopic (exact) mass is 421 g/mol. The molecule has 0 N–H and O–H groups in total. The number of rotatable bonds is 6. The first kappa shape index (κ1) is 20.9. The Hall–Kier alpha value is -0.843. The number of benzene rings is 2. The third kappa shape index (κ3) is 5.36. The van der Waals surface area contributed by atoms with E-state index in [1.807, 2.05) is 24.3 Å². The second-order valence-electron chi connectivity index (χ2n) is 7.97. The van der Waals surface area contributed by atoms with Gasteiger partial charge in [0, 0.05) is 23.1 Å². The van der Waals surface area contributed by atoms with Crippen LogP contribution >= 0.6 is 23.2 Å². The highest BCUT2D eigenvalue weighted by Gasteiger charge is 2.32. The molecule has 0 radical (unpaired) electrons. The fraction of sp³-hybridized carbons (Fsp3) is 0.455. The Balaban J connectivity index is 1.76. The summed E-state index contributed by atoms with van der Waals surface area (Å²) in [6, 6.07) is 18.1. The van der Waals surface area contributed by atoms with Gasteiger partial charge in [0.1, 0.15) is 8.07 Å². The van der Waals surface area contributed by atoms with E-state index in [0.29, 0.717) is 12.2 Å². The summed E-state index contributed by atoms with van der Waals surface area (Å²) in [4.78, 5) is 2.55. The van der Waals surface area contributed by atoms with Gasteiger partial charge in [-0.3, -0.25) is 4.90 Å². The number of nitrogens with zero attached hydrogens (tertiary/aromatic N) is 1. The summed E-state index contributed by atoms with van der Waals surface area (Å²) >= 11 is 12.3. The predicted molar refractivity (Wildman–Crippen MR) is 120 cm³/mol. The van der Waals surface area contributed by atoms with Crippen molar-refractivity contribution < 1.29 is 4.74 Å². The molecular weight excluding hydrogens is 393 g/mol. The molecule has 1 fully saturated rings. The molecule has 0 saturated carbocycles. The normalized spacial score (nSPS) is 21.4. The number of morpholine rings is 1. The van der Waals surface area contributed by atoms with Gasteiger partial charge < -0.3 is 4.74 Å². The van der Waals surface area contributed by atoms with E-state index in [0.717, 1.165) is 29.7 Å². The first-order valence-electron chi connectivity index (χ1n) is 9.77. The first-order chi connectivity index (χ1) is 12.9. The average Bonchev–Trinajstić information content (AvgIpc) is 2.62. The maximum atomic E-state index is 6.14. The third-order valence-corrected chi connectivity index (χ3v) is 10.7. The molecule has 0 spiro atoms. The topological polar surface area (TPSA) is 12.5 Å². The fourth-order valence-corrected chi connectivity index (χ4v) is 8.05. The quantitative estimate of drug-likeness (QED) is 0.627. The van der Waals surface area contributed by atoms with Crippen molar-refractivity contribution in [3.05, 3.63) is 58.6 Å². The van der Waals surface area contributed by atoms with Crippen molar-refractivity contribution in [1.82, 2.24) is 4.90 Å². The maximum Gasteiger partial charge on any atom is 0.115 e. The lowest BCUT2D eigenvalue weighted by atomic mass is 10.2. The van der Waals surface area contributed by atoms with E-state index < -0.39 is 8.07 Å². The van der Waals surface area contributed by atoms with Crippen LogP contribution in [0.2, 0.25) is 22.6 Å². The van der Waals surface area contributed by atoms with Crippen molar-refractivity contribution in [3.8, 4) is 0 Å². The lowest BCUT2D eigenvalue weighted by Crippen LogP contribution is -2.56. The summed E-state index contributed by atoms with van der Waals surface area (Å²) in [5, 5.41) is 4.45. The van der Waals surface area contributed by atoms with Crippen LogP contribution in [-0.2, 0) is 4.74 Å². The predicted octanol–water partition coefficient (Wildman–Crippen LogP) is 4.69. The summed E-state index contributed by atoms with van der Waals surface area (Å²) in [7, 11) is -1.84. The van der Waals surface area contributed by atoms with Gasteiger partial charge in [-0.15, -0.1) is 0 Å². The number of hydrogen-bond donors (Lipinski definition) is 0. The molecule has 1 saturated heterocycles. The molecule has 2 atom stereocenters.